The van der Waals surface area contributed by atoms with Gasteiger partial charge in [0.2, 0.25) is 0 Å². The molecule has 3 rings (SSSR count). The van der Waals surface area contributed by atoms with E-state index in [1.807, 2.05) is 12.3 Å². The summed E-state index contributed by atoms with van der Waals surface area (Å²) in [5.74, 6) is 0.478. The number of aromatic nitrogens is 1. The fraction of sp³-hybridized carbons (Fsp3) is 0.0833. The van der Waals surface area contributed by atoms with E-state index in [9.17, 15) is 4.39 Å². The van der Waals surface area contributed by atoms with Gasteiger partial charge in [0, 0.05) is 16.8 Å². The van der Waals surface area contributed by atoms with Crippen LogP contribution in [-0.4, -0.2) is 16.3 Å². The standard InChI is InChI=1S/C12H10ClFN4/c13-9-3-10(14)5-11(4-9)17-18-6-8-1-2-15-12(8)16-7-18/h1-5,7,15,17H,6H2. The topological polar surface area (TPSA) is 43.4 Å². The Hall–Kier alpha value is -2.01. The van der Waals surface area contributed by atoms with E-state index >= 15 is 0 Å². The molecule has 0 saturated heterocycles. The lowest BCUT2D eigenvalue weighted by Gasteiger charge is -2.24. The van der Waals surface area contributed by atoms with Crippen LogP contribution in [0.3, 0.4) is 0 Å². The molecule has 4 nitrogen and oxygen atoms in total. The Balaban J connectivity index is 1.78. The quantitative estimate of drug-likeness (QED) is 0.874. The van der Waals surface area contributed by atoms with Crippen LogP contribution in [0.1, 0.15) is 5.56 Å². The summed E-state index contributed by atoms with van der Waals surface area (Å²) in [4.78, 5) is 7.26. The summed E-state index contributed by atoms with van der Waals surface area (Å²) in [6.07, 6.45) is 3.49. The van der Waals surface area contributed by atoms with Crippen LogP contribution < -0.4 is 5.43 Å². The SMILES string of the molecule is Fc1cc(Cl)cc(NN2C=Nc3[nH]ccc3C2)c1. The molecule has 0 unspecified atom stereocenters. The number of hydrogen-bond donors (Lipinski definition) is 2. The Bertz CT molecular complexity index is 588. The number of aromatic amines is 1. The molecule has 2 aromatic rings. The van der Waals surface area contributed by atoms with Crippen LogP contribution in [0.25, 0.3) is 0 Å². The van der Waals surface area contributed by atoms with Crippen LogP contribution in [-0.2, 0) is 6.54 Å². The van der Waals surface area contributed by atoms with Gasteiger partial charge in [-0.25, -0.2) is 9.38 Å². The second-order valence-corrected chi connectivity index (χ2v) is 4.43. The highest BCUT2D eigenvalue weighted by molar-refractivity contribution is 6.30. The van der Waals surface area contributed by atoms with Crippen LogP contribution in [0.2, 0.25) is 5.02 Å². The predicted octanol–water partition coefficient (Wildman–Crippen LogP) is 3.31. The fourth-order valence-corrected chi connectivity index (χ4v) is 2.07. The molecule has 1 aromatic carbocycles. The average molecular weight is 265 g/mol. The minimum absolute atomic E-state index is 0.355. The zero-order valence-electron chi connectivity index (χ0n) is 9.32. The molecule has 0 radical (unpaired) electrons. The molecular formula is C12H10ClFN4. The summed E-state index contributed by atoms with van der Waals surface area (Å²) < 4.78 is 13.2. The normalized spacial score (nSPS) is 13.6. The molecule has 0 amide bonds. The first-order chi connectivity index (χ1) is 8.70. The van der Waals surface area contributed by atoms with Crippen LogP contribution in [0.5, 0.6) is 0 Å². The molecule has 1 aliphatic heterocycles. The van der Waals surface area contributed by atoms with E-state index in [2.05, 4.69) is 15.4 Å². The molecule has 2 N–H and O–H groups in total. The maximum atomic E-state index is 13.2. The number of nitrogens with zero attached hydrogens (tertiary/aromatic N) is 2. The van der Waals surface area contributed by atoms with Gasteiger partial charge in [0.1, 0.15) is 18.0 Å². The van der Waals surface area contributed by atoms with Gasteiger partial charge in [0.25, 0.3) is 0 Å². The second-order valence-electron chi connectivity index (χ2n) is 3.99. The summed E-state index contributed by atoms with van der Waals surface area (Å²) in [6, 6.07) is 6.26. The number of H-pyrrole nitrogens is 1. The lowest BCUT2D eigenvalue weighted by molar-refractivity contribution is 0.499. The molecule has 0 atom stereocenters. The molecule has 1 aliphatic rings. The van der Waals surface area contributed by atoms with Crippen molar-refractivity contribution in [3.05, 3.63) is 46.9 Å². The Morgan fingerprint density at radius 3 is 3.11 bits per heavy atom. The van der Waals surface area contributed by atoms with Gasteiger partial charge in [0.15, 0.2) is 0 Å². The summed E-state index contributed by atoms with van der Waals surface area (Å²) in [5, 5.41) is 2.12. The molecule has 2 heterocycles. The Kier molecular flexibility index (Phi) is 2.68. The number of fused-ring (bicyclic) bond motifs is 1. The molecule has 0 saturated carbocycles. The number of anilines is 1. The van der Waals surface area contributed by atoms with Crippen LogP contribution in [0.15, 0.2) is 35.5 Å². The van der Waals surface area contributed by atoms with Gasteiger partial charge >= 0.3 is 0 Å². The summed E-state index contributed by atoms with van der Waals surface area (Å²) in [7, 11) is 0. The molecule has 6 heteroatoms. The van der Waals surface area contributed by atoms with Crippen molar-refractivity contribution >= 4 is 29.4 Å². The number of nitrogens with one attached hydrogen (secondary N) is 2. The van der Waals surface area contributed by atoms with Crippen LogP contribution in [0, 0.1) is 5.82 Å². The highest BCUT2D eigenvalue weighted by Gasteiger charge is 2.12. The minimum atomic E-state index is -0.374. The molecule has 0 bridgehead atoms. The summed E-state index contributed by atoms with van der Waals surface area (Å²) in [6.45, 7) is 0.649. The molecule has 0 aliphatic carbocycles. The minimum Gasteiger partial charge on any atom is -0.346 e. The van der Waals surface area contributed by atoms with Gasteiger partial charge < -0.3 is 4.98 Å². The molecule has 18 heavy (non-hydrogen) atoms. The van der Waals surface area contributed by atoms with E-state index in [-0.39, 0.29) is 5.82 Å². The zero-order valence-corrected chi connectivity index (χ0v) is 10.1. The third kappa shape index (κ3) is 2.17. The lowest BCUT2D eigenvalue weighted by Crippen LogP contribution is -2.29. The van der Waals surface area contributed by atoms with Gasteiger partial charge in [-0.05, 0) is 24.3 Å². The summed E-state index contributed by atoms with van der Waals surface area (Å²) in [5.41, 5.74) is 4.70. The fourth-order valence-electron chi connectivity index (χ4n) is 1.84. The van der Waals surface area contributed by atoms with Crippen molar-refractivity contribution in [3.8, 4) is 0 Å². The van der Waals surface area contributed by atoms with Crippen molar-refractivity contribution in [3.63, 3.8) is 0 Å². The number of rotatable bonds is 2. The van der Waals surface area contributed by atoms with E-state index in [1.54, 1.807) is 17.4 Å². The number of hydrazine groups is 1. The van der Waals surface area contributed by atoms with E-state index in [0.29, 0.717) is 17.3 Å². The van der Waals surface area contributed by atoms with Crippen molar-refractivity contribution in [2.24, 2.45) is 4.99 Å². The van der Waals surface area contributed by atoms with Gasteiger partial charge in [-0.15, -0.1) is 0 Å². The van der Waals surface area contributed by atoms with Gasteiger partial charge in [-0.1, -0.05) is 11.6 Å². The number of hydrogen-bond acceptors (Lipinski definition) is 3. The third-order valence-electron chi connectivity index (χ3n) is 2.61. The van der Waals surface area contributed by atoms with E-state index in [1.165, 1.54) is 12.1 Å². The maximum Gasteiger partial charge on any atom is 0.136 e. The van der Waals surface area contributed by atoms with Crippen LogP contribution >= 0.6 is 11.6 Å². The average Bonchev–Trinajstić information content (AvgIpc) is 2.74. The van der Waals surface area contributed by atoms with E-state index in [4.69, 9.17) is 11.6 Å². The monoisotopic (exact) mass is 264 g/mol. The first kappa shape index (κ1) is 11.1. The summed E-state index contributed by atoms with van der Waals surface area (Å²) >= 11 is 5.79. The predicted molar refractivity (Wildman–Crippen MR) is 69.5 cm³/mol. The second kappa shape index (κ2) is 4.34. The van der Waals surface area contributed by atoms with Gasteiger partial charge in [-0.2, -0.15) is 0 Å². The highest BCUT2D eigenvalue weighted by Crippen LogP contribution is 2.23. The first-order valence-electron chi connectivity index (χ1n) is 5.40. The Labute approximate surface area is 108 Å². The van der Waals surface area contributed by atoms with Crippen molar-refractivity contribution < 1.29 is 4.39 Å². The molecule has 92 valence electrons. The lowest BCUT2D eigenvalue weighted by atomic mass is 10.3. The Morgan fingerprint density at radius 1 is 1.39 bits per heavy atom. The maximum absolute atomic E-state index is 13.2. The van der Waals surface area contributed by atoms with Crippen molar-refractivity contribution in [1.29, 1.82) is 0 Å². The molecule has 0 spiro atoms. The smallest absolute Gasteiger partial charge is 0.136 e. The zero-order chi connectivity index (χ0) is 12.5. The van der Waals surface area contributed by atoms with Gasteiger partial charge in [-0.3, -0.25) is 10.4 Å². The number of aliphatic imine (C=N–C) groups is 1. The molecular weight excluding hydrogens is 255 g/mol. The van der Waals surface area contributed by atoms with Crippen LogP contribution in [0.4, 0.5) is 15.9 Å². The first-order valence-corrected chi connectivity index (χ1v) is 5.78. The van der Waals surface area contributed by atoms with Crippen molar-refractivity contribution in [2.45, 2.75) is 6.54 Å². The number of benzene rings is 1. The Morgan fingerprint density at radius 2 is 2.28 bits per heavy atom. The third-order valence-corrected chi connectivity index (χ3v) is 2.83. The van der Waals surface area contributed by atoms with Crippen molar-refractivity contribution in [1.82, 2.24) is 9.99 Å². The van der Waals surface area contributed by atoms with E-state index < -0.39 is 0 Å². The van der Waals surface area contributed by atoms with Gasteiger partial charge in [0.05, 0.1) is 12.2 Å². The molecule has 0 fully saturated rings. The number of halogens is 2. The van der Waals surface area contributed by atoms with Crippen molar-refractivity contribution in [2.75, 3.05) is 5.43 Å². The van der Waals surface area contributed by atoms with E-state index in [0.717, 1.165) is 11.4 Å². The largest absolute Gasteiger partial charge is 0.346 e. The highest BCUT2D eigenvalue weighted by atomic mass is 35.5. The molecule has 1 aromatic heterocycles.